The quantitative estimate of drug-likeness (QED) is 0.306. The maximum atomic E-state index is 6.12. The van der Waals surface area contributed by atoms with Crippen LogP contribution in [0.1, 0.15) is 95.1 Å². The smallest absolute Gasteiger partial charge is 0.122 e. The van der Waals surface area contributed by atoms with Gasteiger partial charge < -0.3 is 14.3 Å². The molecule has 1 aliphatic heterocycles. The highest BCUT2D eigenvalue weighted by molar-refractivity contribution is 6.09. The summed E-state index contributed by atoms with van der Waals surface area (Å²) in [7, 11) is 2.06. The Morgan fingerprint density at radius 2 is 1.68 bits per heavy atom. The van der Waals surface area contributed by atoms with Crippen molar-refractivity contribution in [1.82, 2.24) is 9.55 Å². The minimum Gasteiger partial charge on any atom is -0.368 e. The van der Waals surface area contributed by atoms with Crippen LogP contribution in [-0.2, 0) is 18.2 Å². The third-order valence-corrected chi connectivity index (χ3v) is 6.10. The molecule has 4 nitrogen and oxygen atoms in total. The van der Waals surface area contributed by atoms with E-state index in [-0.39, 0.29) is 6.10 Å². The van der Waals surface area contributed by atoms with Crippen LogP contribution in [0.5, 0.6) is 0 Å². The van der Waals surface area contributed by atoms with Crippen LogP contribution in [0, 0.1) is 0 Å². The van der Waals surface area contributed by atoms with Gasteiger partial charge in [-0.15, -0.1) is 0 Å². The van der Waals surface area contributed by atoms with Gasteiger partial charge in [-0.3, -0.25) is 0 Å². The zero-order valence-electron chi connectivity index (χ0n) is 19.8. The maximum absolute atomic E-state index is 6.12. The summed E-state index contributed by atoms with van der Waals surface area (Å²) in [5.74, 6) is 0. The summed E-state index contributed by atoms with van der Waals surface area (Å²) < 4.78 is 8.23. The van der Waals surface area contributed by atoms with Crippen LogP contribution in [-0.4, -0.2) is 28.0 Å². The Kier molecular flexibility index (Phi) is 9.67. The fourth-order valence-electron chi connectivity index (χ4n) is 4.27. The highest BCUT2D eigenvalue weighted by Crippen LogP contribution is 2.27. The fourth-order valence-corrected chi connectivity index (χ4v) is 4.27. The zero-order chi connectivity index (χ0) is 21.9. The number of aryl methyl sites for hydroxylation is 2. The van der Waals surface area contributed by atoms with E-state index < -0.39 is 0 Å². The SMILES string of the molecule is CCCCCCCCCCCc1ccc(C2=NC(c3cccn3C)=CC2OCCC)[nH]1. The highest BCUT2D eigenvalue weighted by Gasteiger charge is 2.25. The monoisotopic (exact) mass is 423 g/mol. The Balaban J connectivity index is 1.51. The third-order valence-electron chi connectivity index (χ3n) is 6.10. The Labute approximate surface area is 188 Å². The molecule has 0 fully saturated rings. The molecular weight excluding hydrogens is 382 g/mol. The number of hydrogen-bond donors (Lipinski definition) is 1. The molecule has 170 valence electrons. The first-order chi connectivity index (χ1) is 15.2. The van der Waals surface area contributed by atoms with Crippen molar-refractivity contribution in [1.29, 1.82) is 0 Å². The third kappa shape index (κ3) is 6.96. The van der Waals surface area contributed by atoms with E-state index in [2.05, 4.69) is 67.0 Å². The molecule has 1 unspecified atom stereocenters. The molecule has 2 aromatic heterocycles. The Hall–Kier alpha value is -2.07. The maximum Gasteiger partial charge on any atom is 0.122 e. The summed E-state index contributed by atoms with van der Waals surface area (Å²) in [4.78, 5) is 8.58. The fraction of sp³-hybridized carbons (Fsp3) is 0.593. The molecule has 3 rings (SSSR count). The van der Waals surface area contributed by atoms with Gasteiger partial charge in [-0.1, -0.05) is 65.2 Å². The molecule has 0 radical (unpaired) electrons. The van der Waals surface area contributed by atoms with Gasteiger partial charge >= 0.3 is 0 Å². The van der Waals surface area contributed by atoms with Gasteiger partial charge in [0.1, 0.15) is 6.10 Å². The molecule has 0 saturated carbocycles. The van der Waals surface area contributed by atoms with E-state index in [0.717, 1.165) is 42.2 Å². The van der Waals surface area contributed by atoms with Gasteiger partial charge in [0.15, 0.2) is 0 Å². The second-order valence-corrected chi connectivity index (χ2v) is 8.82. The molecule has 0 bridgehead atoms. The van der Waals surface area contributed by atoms with Gasteiger partial charge in [0.05, 0.1) is 22.8 Å². The van der Waals surface area contributed by atoms with E-state index >= 15 is 0 Å². The molecule has 4 heteroatoms. The number of aliphatic imine (C=N–C) groups is 1. The summed E-state index contributed by atoms with van der Waals surface area (Å²) in [6, 6.07) is 8.56. The molecule has 0 aliphatic carbocycles. The van der Waals surface area contributed by atoms with E-state index in [1.807, 2.05) is 0 Å². The minimum atomic E-state index is -0.0796. The van der Waals surface area contributed by atoms with E-state index in [1.54, 1.807) is 0 Å². The summed E-state index contributed by atoms with van der Waals surface area (Å²) in [5, 5.41) is 0. The van der Waals surface area contributed by atoms with E-state index in [1.165, 1.54) is 63.5 Å². The van der Waals surface area contributed by atoms with E-state index in [0.29, 0.717) is 0 Å². The lowest BCUT2D eigenvalue weighted by Crippen LogP contribution is -2.21. The van der Waals surface area contributed by atoms with Gasteiger partial charge in [0.25, 0.3) is 0 Å². The molecule has 1 N–H and O–H groups in total. The first-order valence-electron chi connectivity index (χ1n) is 12.4. The molecular formula is C27H41N3O. The number of hydrogen-bond acceptors (Lipinski definition) is 2. The summed E-state index contributed by atoms with van der Waals surface area (Å²) in [6.45, 7) is 5.17. The van der Waals surface area contributed by atoms with Crippen molar-refractivity contribution in [2.75, 3.05) is 6.61 Å². The van der Waals surface area contributed by atoms with Crippen molar-refractivity contribution in [2.24, 2.45) is 12.0 Å². The van der Waals surface area contributed by atoms with E-state index in [4.69, 9.17) is 9.73 Å². The number of H-pyrrole nitrogens is 1. The lowest BCUT2D eigenvalue weighted by molar-refractivity contribution is 0.129. The van der Waals surface area contributed by atoms with Crippen molar-refractivity contribution >= 4 is 11.4 Å². The Bertz CT molecular complexity index is 842. The molecule has 1 aliphatic rings. The van der Waals surface area contributed by atoms with Crippen LogP contribution in [0.2, 0.25) is 0 Å². The molecule has 31 heavy (non-hydrogen) atoms. The highest BCUT2D eigenvalue weighted by atomic mass is 16.5. The molecule has 2 aromatic rings. The van der Waals surface area contributed by atoms with Gasteiger partial charge in [0, 0.05) is 25.5 Å². The molecule has 0 aromatic carbocycles. The first kappa shape index (κ1) is 23.6. The molecule has 1 atom stereocenters. The van der Waals surface area contributed by atoms with Crippen molar-refractivity contribution in [3.63, 3.8) is 0 Å². The molecule has 3 heterocycles. The van der Waals surface area contributed by atoms with Crippen molar-refractivity contribution in [2.45, 2.75) is 90.6 Å². The Morgan fingerprint density at radius 3 is 2.35 bits per heavy atom. The number of aromatic amines is 1. The Morgan fingerprint density at radius 1 is 0.935 bits per heavy atom. The first-order valence-corrected chi connectivity index (χ1v) is 12.4. The van der Waals surface area contributed by atoms with Crippen LogP contribution in [0.4, 0.5) is 0 Å². The van der Waals surface area contributed by atoms with Crippen LogP contribution >= 0.6 is 0 Å². The normalized spacial score (nSPS) is 16.0. The number of aromatic nitrogens is 2. The predicted molar refractivity (Wildman–Crippen MR) is 132 cm³/mol. The summed E-state index contributed by atoms with van der Waals surface area (Å²) >= 11 is 0. The van der Waals surface area contributed by atoms with Gasteiger partial charge in [0.2, 0.25) is 0 Å². The average molecular weight is 424 g/mol. The number of rotatable bonds is 15. The van der Waals surface area contributed by atoms with Crippen molar-refractivity contribution < 1.29 is 4.74 Å². The molecule has 0 amide bonds. The van der Waals surface area contributed by atoms with E-state index in [9.17, 15) is 0 Å². The number of unbranched alkanes of at least 4 members (excludes halogenated alkanes) is 8. The lowest BCUT2D eigenvalue weighted by atomic mass is 10.1. The average Bonchev–Trinajstić information content (AvgIpc) is 3.50. The number of nitrogens with one attached hydrogen (secondary N) is 1. The van der Waals surface area contributed by atoms with Crippen LogP contribution < -0.4 is 0 Å². The van der Waals surface area contributed by atoms with Crippen molar-refractivity contribution in [3.8, 4) is 0 Å². The largest absolute Gasteiger partial charge is 0.368 e. The lowest BCUT2D eigenvalue weighted by Gasteiger charge is -2.11. The summed E-state index contributed by atoms with van der Waals surface area (Å²) in [5.41, 5.74) is 5.53. The molecule has 0 spiro atoms. The zero-order valence-corrected chi connectivity index (χ0v) is 19.8. The van der Waals surface area contributed by atoms with Gasteiger partial charge in [-0.25, -0.2) is 4.99 Å². The minimum absolute atomic E-state index is 0.0796. The van der Waals surface area contributed by atoms with Crippen LogP contribution in [0.15, 0.2) is 41.5 Å². The van der Waals surface area contributed by atoms with Crippen molar-refractivity contribution in [3.05, 3.63) is 53.6 Å². The standard InChI is InChI=1S/C27H41N3O/c1-4-6-7-8-9-10-11-12-13-15-22-17-18-23(28-22)27-26(31-20-5-2)21-24(29-27)25-16-14-19-30(25)3/h14,16-19,21,26,28H,4-13,15,20H2,1-3H3. The molecule has 0 saturated heterocycles. The topological polar surface area (TPSA) is 42.3 Å². The van der Waals surface area contributed by atoms with Crippen LogP contribution in [0.25, 0.3) is 5.70 Å². The number of ether oxygens (including phenoxy) is 1. The number of nitrogens with zero attached hydrogens (tertiary/aromatic N) is 2. The second-order valence-electron chi connectivity index (χ2n) is 8.82. The van der Waals surface area contributed by atoms with Gasteiger partial charge in [-0.05, 0) is 49.6 Å². The second kappa shape index (κ2) is 12.7. The van der Waals surface area contributed by atoms with Gasteiger partial charge in [-0.2, -0.15) is 0 Å². The summed E-state index contributed by atoms with van der Waals surface area (Å²) in [6.07, 6.45) is 18.5. The van der Waals surface area contributed by atoms with Crippen LogP contribution in [0.3, 0.4) is 0 Å². The predicted octanol–water partition coefficient (Wildman–Crippen LogP) is 7.07.